The first-order chi connectivity index (χ1) is 13.8. The van der Waals surface area contributed by atoms with E-state index >= 15 is 0 Å². The average Bonchev–Trinajstić information content (AvgIpc) is 2.67. The Hall–Kier alpha value is -3.33. The fourth-order valence-corrected chi connectivity index (χ4v) is 3.75. The van der Waals surface area contributed by atoms with E-state index in [9.17, 15) is 24.6 Å². The van der Waals surface area contributed by atoms with Gasteiger partial charge < -0.3 is 25.7 Å². The molecule has 3 rings (SSSR count). The molecule has 9 heteroatoms. The van der Waals surface area contributed by atoms with E-state index in [-0.39, 0.29) is 11.1 Å². The Morgan fingerprint density at radius 1 is 1.14 bits per heavy atom. The maximum atomic E-state index is 12.2. The molecule has 0 unspecified atom stereocenters. The summed E-state index contributed by atoms with van der Waals surface area (Å²) in [5.74, 6) is -2.75. The number of aromatic nitrogens is 1. The van der Waals surface area contributed by atoms with Crippen molar-refractivity contribution < 1.29 is 24.5 Å². The summed E-state index contributed by atoms with van der Waals surface area (Å²) in [6.07, 6.45) is 3.38. The van der Waals surface area contributed by atoms with Crippen LogP contribution in [0.4, 0.5) is 5.82 Å². The normalized spacial score (nSPS) is 14.5. The maximum Gasteiger partial charge on any atom is 0.342 e. The van der Waals surface area contributed by atoms with Crippen molar-refractivity contribution in [3.63, 3.8) is 0 Å². The molecule has 1 aromatic heterocycles. The van der Waals surface area contributed by atoms with Gasteiger partial charge in [-0.05, 0) is 43.6 Å². The highest BCUT2D eigenvalue weighted by Crippen LogP contribution is 2.33. The molecule has 1 saturated heterocycles. The lowest BCUT2D eigenvalue weighted by Crippen LogP contribution is -2.29. The summed E-state index contributed by atoms with van der Waals surface area (Å²) < 4.78 is 5.43. The predicted molar refractivity (Wildman–Crippen MR) is 107 cm³/mol. The van der Waals surface area contributed by atoms with E-state index < -0.39 is 34.4 Å². The summed E-state index contributed by atoms with van der Waals surface area (Å²) in [6.45, 7) is 2.44. The predicted octanol–water partition coefficient (Wildman–Crippen LogP) is 2.01. The van der Waals surface area contributed by atoms with Gasteiger partial charge in [-0.1, -0.05) is 12.5 Å². The molecule has 2 aromatic rings. The fourth-order valence-electron chi connectivity index (χ4n) is 3.75. The molecule has 1 aromatic carbocycles. The molecular formula is C20H23N3O6. The molecule has 2 heterocycles. The number of H-pyrrole nitrogens is 1. The number of pyridine rings is 1. The van der Waals surface area contributed by atoms with Crippen LogP contribution in [0.1, 0.15) is 45.5 Å². The lowest BCUT2D eigenvalue weighted by atomic mass is 9.93. The SMILES string of the molecule is COc1ccc(-c2c(C(=O)O)c(N)[nH]c(=O)c2C(=O)O)cc1CN1CCCCC1. The first-order valence-electron chi connectivity index (χ1n) is 9.25. The second kappa shape index (κ2) is 8.36. The highest BCUT2D eigenvalue weighted by atomic mass is 16.5. The first-order valence-corrected chi connectivity index (χ1v) is 9.25. The zero-order valence-electron chi connectivity index (χ0n) is 16.0. The highest BCUT2D eigenvalue weighted by molar-refractivity contribution is 6.07. The van der Waals surface area contributed by atoms with Gasteiger partial charge in [-0.2, -0.15) is 0 Å². The lowest BCUT2D eigenvalue weighted by Gasteiger charge is -2.27. The van der Waals surface area contributed by atoms with E-state index in [1.54, 1.807) is 12.1 Å². The van der Waals surface area contributed by atoms with Crippen LogP contribution in [0.25, 0.3) is 11.1 Å². The number of ether oxygens (including phenoxy) is 1. The van der Waals surface area contributed by atoms with Gasteiger partial charge in [-0.25, -0.2) is 9.59 Å². The molecule has 29 heavy (non-hydrogen) atoms. The van der Waals surface area contributed by atoms with Crippen molar-refractivity contribution in [1.29, 1.82) is 0 Å². The quantitative estimate of drug-likeness (QED) is 0.575. The summed E-state index contributed by atoms with van der Waals surface area (Å²) in [5.41, 5.74) is 4.49. The molecule has 154 valence electrons. The standard InChI is InChI=1S/C20H23N3O6/c1-29-13-6-5-11(9-12(13)10-23-7-3-2-4-8-23)14-15(19(25)26)17(21)22-18(24)16(14)20(27)28/h5-6,9H,2-4,7-8,10H2,1H3,(H,25,26)(H,27,28)(H3,21,22,24). The van der Waals surface area contributed by atoms with Crippen LogP contribution in [-0.4, -0.2) is 52.2 Å². The zero-order chi connectivity index (χ0) is 21.1. The number of hydrogen-bond acceptors (Lipinski definition) is 6. The van der Waals surface area contributed by atoms with Gasteiger partial charge in [0.2, 0.25) is 0 Å². The number of anilines is 1. The highest BCUT2D eigenvalue weighted by Gasteiger charge is 2.27. The van der Waals surface area contributed by atoms with E-state index in [0.717, 1.165) is 31.5 Å². The minimum Gasteiger partial charge on any atom is -0.496 e. The molecule has 1 aliphatic heterocycles. The largest absolute Gasteiger partial charge is 0.496 e. The first kappa shape index (κ1) is 20.4. The Bertz CT molecular complexity index is 1010. The van der Waals surface area contributed by atoms with Gasteiger partial charge in [0.25, 0.3) is 5.56 Å². The van der Waals surface area contributed by atoms with Crippen LogP contribution in [-0.2, 0) is 6.54 Å². The molecule has 1 aliphatic rings. The van der Waals surface area contributed by atoms with Crippen LogP contribution in [0.2, 0.25) is 0 Å². The number of carbonyl (C=O) groups is 2. The Morgan fingerprint density at radius 2 is 1.79 bits per heavy atom. The second-order valence-electron chi connectivity index (χ2n) is 6.97. The number of rotatable bonds is 6. The number of methoxy groups -OCH3 is 1. The van der Waals surface area contributed by atoms with Crippen LogP contribution >= 0.6 is 0 Å². The Balaban J connectivity index is 2.20. The van der Waals surface area contributed by atoms with Crippen molar-refractivity contribution in [3.05, 3.63) is 45.2 Å². The van der Waals surface area contributed by atoms with Crippen LogP contribution in [0.15, 0.2) is 23.0 Å². The fraction of sp³-hybridized carbons (Fsp3) is 0.350. The second-order valence-corrected chi connectivity index (χ2v) is 6.97. The third-order valence-corrected chi connectivity index (χ3v) is 5.08. The van der Waals surface area contributed by atoms with Crippen LogP contribution in [0.5, 0.6) is 5.75 Å². The van der Waals surface area contributed by atoms with E-state index in [2.05, 4.69) is 9.88 Å². The molecule has 9 nitrogen and oxygen atoms in total. The molecule has 0 saturated carbocycles. The minimum absolute atomic E-state index is 0.214. The summed E-state index contributed by atoms with van der Waals surface area (Å²) in [4.78, 5) is 40.1. The maximum absolute atomic E-state index is 12.2. The minimum atomic E-state index is -1.53. The molecule has 0 aliphatic carbocycles. The van der Waals surface area contributed by atoms with Crippen molar-refractivity contribution in [1.82, 2.24) is 9.88 Å². The van der Waals surface area contributed by atoms with Gasteiger partial charge in [0.05, 0.1) is 7.11 Å². The number of aromatic carboxylic acids is 2. The number of nitrogens with two attached hydrogens (primary N) is 1. The molecule has 0 atom stereocenters. The van der Waals surface area contributed by atoms with Crippen LogP contribution < -0.4 is 16.0 Å². The number of carboxylic acids is 2. The topological polar surface area (TPSA) is 146 Å². The zero-order valence-corrected chi connectivity index (χ0v) is 16.0. The number of nitrogens with zero attached hydrogens (tertiary/aromatic N) is 1. The molecule has 0 amide bonds. The van der Waals surface area contributed by atoms with Crippen molar-refractivity contribution in [2.75, 3.05) is 25.9 Å². The number of likely N-dealkylation sites (tertiary alicyclic amines) is 1. The van der Waals surface area contributed by atoms with E-state index in [1.165, 1.54) is 19.6 Å². The Labute approximate surface area is 166 Å². The van der Waals surface area contributed by atoms with Crippen molar-refractivity contribution in [3.8, 4) is 16.9 Å². The van der Waals surface area contributed by atoms with Crippen LogP contribution in [0, 0.1) is 0 Å². The number of piperidine rings is 1. The third kappa shape index (κ3) is 4.09. The van der Waals surface area contributed by atoms with E-state index in [4.69, 9.17) is 10.5 Å². The molecule has 0 radical (unpaired) electrons. The number of benzene rings is 1. The van der Waals surface area contributed by atoms with Crippen molar-refractivity contribution in [2.45, 2.75) is 25.8 Å². The smallest absolute Gasteiger partial charge is 0.342 e. The number of nitrogens with one attached hydrogen (secondary N) is 1. The molecule has 0 bridgehead atoms. The van der Waals surface area contributed by atoms with E-state index in [1.807, 2.05) is 0 Å². The van der Waals surface area contributed by atoms with Crippen molar-refractivity contribution in [2.24, 2.45) is 0 Å². The summed E-state index contributed by atoms with van der Waals surface area (Å²) in [7, 11) is 1.53. The summed E-state index contributed by atoms with van der Waals surface area (Å²) in [6, 6.07) is 4.84. The van der Waals surface area contributed by atoms with Gasteiger partial charge in [-0.3, -0.25) is 9.69 Å². The number of aromatic amines is 1. The third-order valence-electron chi connectivity index (χ3n) is 5.08. The Morgan fingerprint density at radius 3 is 2.38 bits per heavy atom. The molecule has 5 N–H and O–H groups in total. The monoisotopic (exact) mass is 401 g/mol. The summed E-state index contributed by atoms with van der Waals surface area (Å²) in [5, 5.41) is 19.2. The van der Waals surface area contributed by atoms with Crippen LogP contribution in [0.3, 0.4) is 0 Å². The van der Waals surface area contributed by atoms with Gasteiger partial charge >= 0.3 is 11.9 Å². The van der Waals surface area contributed by atoms with E-state index in [0.29, 0.717) is 12.3 Å². The van der Waals surface area contributed by atoms with Gasteiger partial charge in [-0.15, -0.1) is 0 Å². The number of carboxylic acid groups (broad SMARTS) is 2. The molecular weight excluding hydrogens is 378 g/mol. The number of nitrogen functional groups attached to an aromatic ring is 1. The van der Waals surface area contributed by atoms with Gasteiger partial charge in [0.1, 0.15) is 22.7 Å². The Kier molecular flexibility index (Phi) is 5.88. The molecule has 1 fully saturated rings. The van der Waals surface area contributed by atoms with Gasteiger partial charge in [0.15, 0.2) is 0 Å². The summed E-state index contributed by atoms with van der Waals surface area (Å²) >= 11 is 0. The lowest BCUT2D eigenvalue weighted by molar-refractivity contribution is 0.0695. The average molecular weight is 401 g/mol. The number of hydrogen-bond donors (Lipinski definition) is 4. The molecule has 0 spiro atoms. The van der Waals surface area contributed by atoms with Gasteiger partial charge in [0, 0.05) is 17.7 Å². The van der Waals surface area contributed by atoms with Crippen molar-refractivity contribution >= 4 is 17.8 Å².